The summed E-state index contributed by atoms with van der Waals surface area (Å²) in [5.41, 5.74) is 0.148. The van der Waals surface area contributed by atoms with Gasteiger partial charge < -0.3 is 10.2 Å². The summed E-state index contributed by atoms with van der Waals surface area (Å²) in [6.45, 7) is 8.74. The first-order valence-electron chi connectivity index (χ1n) is 6.83. The van der Waals surface area contributed by atoms with Crippen molar-refractivity contribution in [2.24, 2.45) is 11.3 Å². The summed E-state index contributed by atoms with van der Waals surface area (Å²) in [7, 11) is 1.96. The van der Waals surface area contributed by atoms with E-state index in [2.05, 4.69) is 33.0 Å². The van der Waals surface area contributed by atoms with Gasteiger partial charge in [-0.25, -0.2) is 0 Å². The zero-order valence-electron chi connectivity index (χ0n) is 11.8. The molecule has 0 radical (unpaired) electrons. The highest BCUT2D eigenvalue weighted by Gasteiger charge is 2.44. The van der Waals surface area contributed by atoms with Crippen LogP contribution in [0.25, 0.3) is 0 Å². The molecule has 3 nitrogen and oxygen atoms in total. The molecule has 0 aromatic heterocycles. The van der Waals surface area contributed by atoms with Crippen LogP contribution in [0.15, 0.2) is 0 Å². The number of rotatable bonds is 2. The number of amides is 1. The van der Waals surface area contributed by atoms with Crippen molar-refractivity contribution in [3.63, 3.8) is 0 Å². The topological polar surface area (TPSA) is 32.3 Å². The normalized spacial score (nSPS) is 33.8. The summed E-state index contributed by atoms with van der Waals surface area (Å²) in [5, 5.41) is 3.54. The molecule has 0 aromatic carbocycles. The molecular formula is C14H26N2O. The molecule has 0 spiro atoms. The molecule has 2 rings (SSSR count). The monoisotopic (exact) mass is 238 g/mol. The minimum Gasteiger partial charge on any atom is -0.342 e. The highest BCUT2D eigenvalue weighted by atomic mass is 16.2. The lowest BCUT2D eigenvalue weighted by molar-refractivity contribution is -0.138. The van der Waals surface area contributed by atoms with Gasteiger partial charge in [0.1, 0.15) is 0 Å². The fourth-order valence-electron chi connectivity index (χ4n) is 3.13. The maximum absolute atomic E-state index is 12.5. The van der Waals surface area contributed by atoms with E-state index in [4.69, 9.17) is 0 Å². The second-order valence-electron chi connectivity index (χ2n) is 6.88. The van der Waals surface area contributed by atoms with Crippen molar-refractivity contribution >= 4 is 5.91 Å². The Hall–Kier alpha value is -0.570. The number of nitrogens with one attached hydrogen (secondary N) is 1. The number of carbonyl (C=O) groups excluding carboxylic acids is 1. The third kappa shape index (κ3) is 2.35. The zero-order valence-corrected chi connectivity index (χ0v) is 11.8. The van der Waals surface area contributed by atoms with Gasteiger partial charge in [-0.1, -0.05) is 20.8 Å². The van der Waals surface area contributed by atoms with Crippen LogP contribution in [0.5, 0.6) is 0 Å². The molecule has 98 valence electrons. The molecular weight excluding hydrogens is 212 g/mol. The van der Waals surface area contributed by atoms with Crippen molar-refractivity contribution in [1.82, 2.24) is 10.2 Å². The number of fused-ring (bicyclic) bond motifs is 2. The van der Waals surface area contributed by atoms with Crippen LogP contribution >= 0.6 is 0 Å². The lowest BCUT2D eigenvalue weighted by Crippen LogP contribution is -2.47. The van der Waals surface area contributed by atoms with Gasteiger partial charge in [-0.05, 0) is 31.6 Å². The van der Waals surface area contributed by atoms with Gasteiger partial charge in [0, 0.05) is 25.2 Å². The van der Waals surface area contributed by atoms with Crippen molar-refractivity contribution < 1.29 is 4.79 Å². The summed E-state index contributed by atoms with van der Waals surface area (Å²) in [5.74, 6) is 0.565. The van der Waals surface area contributed by atoms with Crippen LogP contribution in [0.3, 0.4) is 0 Å². The number of nitrogens with zero attached hydrogens (tertiary/aromatic N) is 1. The molecule has 17 heavy (non-hydrogen) atoms. The predicted molar refractivity (Wildman–Crippen MR) is 69.7 cm³/mol. The van der Waals surface area contributed by atoms with Gasteiger partial charge in [0.25, 0.3) is 0 Å². The SMILES string of the molecule is CC(N(C)C(=O)C1CC2CCC1N2)C(C)(C)C. The van der Waals surface area contributed by atoms with Crippen LogP contribution in [0, 0.1) is 11.3 Å². The quantitative estimate of drug-likeness (QED) is 0.798. The molecule has 2 saturated heterocycles. The summed E-state index contributed by atoms with van der Waals surface area (Å²) < 4.78 is 0. The standard InChI is InChI=1S/C14H26N2O/c1-9(14(2,3)4)16(5)13(17)11-8-10-6-7-12(11)15-10/h9-12,15H,6-8H2,1-5H3. The largest absolute Gasteiger partial charge is 0.342 e. The fourth-order valence-corrected chi connectivity index (χ4v) is 3.13. The van der Waals surface area contributed by atoms with Crippen LogP contribution in [-0.2, 0) is 4.79 Å². The minimum atomic E-state index is 0.148. The molecule has 1 N–H and O–H groups in total. The highest BCUT2D eigenvalue weighted by molar-refractivity contribution is 5.80. The number of hydrogen-bond acceptors (Lipinski definition) is 2. The molecule has 2 aliphatic rings. The Kier molecular flexibility index (Phi) is 3.23. The molecule has 2 bridgehead atoms. The Morgan fingerprint density at radius 2 is 2.00 bits per heavy atom. The van der Waals surface area contributed by atoms with Gasteiger partial charge in [-0.3, -0.25) is 4.79 Å². The first-order chi connectivity index (χ1) is 7.80. The van der Waals surface area contributed by atoms with Crippen molar-refractivity contribution in [3.8, 4) is 0 Å². The average molecular weight is 238 g/mol. The maximum Gasteiger partial charge on any atom is 0.227 e. The average Bonchev–Trinajstić information content (AvgIpc) is 2.86. The third-order valence-corrected chi connectivity index (χ3v) is 4.80. The summed E-state index contributed by atoms with van der Waals surface area (Å²) >= 11 is 0. The lowest BCUT2D eigenvalue weighted by atomic mass is 9.84. The molecule has 3 heteroatoms. The van der Waals surface area contributed by atoms with E-state index in [1.54, 1.807) is 0 Å². The first-order valence-corrected chi connectivity index (χ1v) is 6.83. The van der Waals surface area contributed by atoms with Gasteiger partial charge in [0.2, 0.25) is 5.91 Å². The van der Waals surface area contributed by atoms with E-state index >= 15 is 0 Å². The number of carbonyl (C=O) groups is 1. The second-order valence-corrected chi connectivity index (χ2v) is 6.88. The van der Waals surface area contributed by atoms with Crippen LogP contribution in [-0.4, -0.2) is 36.0 Å². The molecule has 0 aliphatic carbocycles. The van der Waals surface area contributed by atoms with E-state index in [1.807, 2.05) is 11.9 Å². The van der Waals surface area contributed by atoms with Crippen LogP contribution in [0.1, 0.15) is 47.0 Å². The van der Waals surface area contributed by atoms with E-state index in [9.17, 15) is 4.79 Å². The molecule has 0 saturated carbocycles. The van der Waals surface area contributed by atoms with Crippen LogP contribution < -0.4 is 5.32 Å². The molecule has 4 unspecified atom stereocenters. The zero-order chi connectivity index (χ0) is 12.8. The van der Waals surface area contributed by atoms with E-state index in [-0.39, 0.29) is 17.4 Å². The fraction of sp³-hybridized carbons (Fsp3) is 0.929. The Morgan fingerprint density at radius 3 is 2.41 bits per heavy atom. The number of hydrogen-bond donors (Lipinski definition) is 1. The third-order valence-electron chi connectivity index (χ3n) is 4.80. The molecule has 0 aromatic rings. The highest BCUT2D eigenvalue weighted by Crippen LogP contribution is 2.35. The molecule has 2 fully saturated rings. The van der Waals surface area contributed by atoms with Gasteiger partial charge in [0.05, 0.1) is 5.92 Å². The molecule has 4 atom stereocenters. The lowest BCUT2D eigenvalue weighted by Gasteiger charge is -2.37. The van der Waals surface area contributed by atoms with Gasteiger partial charge in [-0.2, -0.15) is 0 Å². The van der Waals surface area contributed by atoms with E-state index in [0.717, 1.165) is 6.42 Å². The smallest absolute Gasteiger partial charge is 0.227 e. The van der Waals surface area contributed by atoms with E-state index in [0.29, 0.717) is 18.0 Å². The summed E-state index contributed by atoms with van der Waals surface area (Å²) in [4.78, 5) is 14.5. The Balaban J connectivity index is 2.01. The maximum atomic E-state index is 12.5. The van der Waals surface area contributed by atoms with E-state index in [1.165, 1.54) is 12.8 Å². The summed E-state index contributed by atoms with van der Waals surface area (Å²) in [6.07, 6.45) is 3.48. The van der Waals surface area contributed by atoms with E-state index < -0.39 is 0 Å². The van der Waals surface area contributed by atoms with Crippen molar-refractivity contribution in [2.75, 3.05) is 7.05 Å². The molecule has 2 heterocycles. The second kappa shape index (κ2) is 4.27. The Morgan fingerprint density at radius 1 is 1.35 bits per heavy atom. The van der Waals surface area contributed by atoms with Crippen molar-refractivity contribution in [3.05, 3.63) is 0 Å². The molecule has 1 amide bonds. The first kappa shape index (κ1) is 12.9. The minimum absolute atomic E-state index is 0.148. The van der Waals surface area contributed by atoms with Gasteiger partial charge in [0.15, 0.2) is 0 Å². The van der Waals surface area contributed by atoms with Gasteiger partial charge in [-0.15, -0.1) is 0 Å². The van der Waals surface area contributed by atoms with Crippen molar-refractivity contribution in [2.45, 2.75) is 65.1 Å². The predicted octanol–water partition coefficient (Wildman–Crippen LogP) is 2.02. The van der Waals surface area contributed by atoms with Crippen LogP contribution in [0.4, 0.5) is 0 Å². The Bertz CT molecular complexity index is 308. The summed E-state index contributed by atoms with van der Waals surface area (Å²) in [6, 6.07) is 1.34. The van der Waals surface area contributed by atoms with Crippen LogP contribution in [0.2, 0.25) is 0 Å². The van der Waals surface area contributed by atoms with Gasteiger partial charge >= 0.3 is 0 Å². The van der Waals surface area contributed by atoms with Crippen molar-refractivity contribution in [1.29, 1.82) is 0 Å². The Labute approximate surface area is 105 Å². The molecule has 2 aliphatic heterocycles.